The molecule has 0 radical (unpaired) electrons. The van der Waals surface area contributed by atoms with E-state index in [2.05, 4.69) is 0 Å². The zero-order chi connectivity index (χ0) is 11.6. The van der Waals surface area contributed by atoms with Crippen LogP contribution in [0, 0.1) is 0 Å². The zero-order valence-electron chi connectivity index (χ0n) is 9.43. The summed E-state index contributed by atoms with van der Waals surface area (Å²) in [5.74, 6) is 0. The van der Waals surface area contributed by atoms with Crippen LogP contribution in [0.25, 0.3) is 0 Å². The second-order valence-corrected chi connectivity index (χ2v) is 4.80. The van der Waals surface area contributed by atoms with Crippen LogP contribution in [-0.4, -0.2) is 52.1 Å². The molecule has 2 atom stereocenters. The molecule has 15 heavy (non-hydrogen) atoms. The summed E-state index contributed by atoms with van der Waals surface area (Å²) >= 11 is 0. The lowest BCUT2D eigenvalue weighted by Crippen LogP contribution is -2.62. The van der Waals surface area contributed by atoms with Gasteiger partial charge in [-0.25, -0.2) is 4.79 Å². The van der Waals surface area contributed by atoms with Gasteiger partial charge < -0.3 is 14.9 Å². The molecular weight excluding hydrogens is 198 g/mol. The molecule has 0 aromatic rings. The first kappa shape index (κ1) is 12.3. The summed E-state index contributed by atoms with van der Waals surface area (Å²) in [5.41, 5.74) is -0.549. The number of rotatable bonds is 2. The fourth-order valence-corrected chi connectivity index (χ4v) is 1.64. The summed E-state index contributed by atoms with van der Waals surface area (Å²) in [6.45, 7) is 5.18. The van der Waals surface area contributed by atoms with Crippen molar-refractivity contribution in [2.75, 3.05) is 13.2 Å². The second kappa shape index (κ2) is 4.37. The SMILES string of the molecule is CC(C)(C)OC(=O)N1C(CO)CC1CO. The molecule has 2 unspecified atom stereocenters. The van der Waals surface area contributed by atoms with Gasteiger partial charge in [0.25, 0.3) is 0 Å². The number of ether oxygens (including phenoxy) is 1. The molecule has 0 aromatic carbocycles. The van der Waals surface area contributed by atoms with Crippen molar-refractivity contribution in [1.82, 2.24) is 4.90 Å². The Morgan fingerprint density at radius 1 is 1.33 bits per heavy atom. The van der Waals surface area contributed by atoms with Crippen molar-refractivity contribution in [3.63, 3.8) is 0 Å². The van der Waals surface area contributed by atoms with E-state index in [4.69, 9.17) is 14.9 Å². The Kier molecular flexibility index (Phi) is 3.57. The van der Waals surface area contributed by atoms with Crippen molar-refractivity contribution >= 4 is 6.09 Å². The number of nitrogens with zero attached hydrogens (tertiary/aromatic N) is 1. The fraction of sp³-hybridized carbons (Fsp3) is 0.900. The van der Waals surface area contributed by atoms with E-state index in [9.17, 15) is 4.79 Å². The minimum atomic E-state index is -0.549. The van der Waals surface area contributed by atoms with Crippen molar-refractivity contribution in [3.8, 4) is 0 Å². The van der Waals surface area contributed by atoms with Crippen LogP contribution < -0.4 is 0 Å². The van der Waals surface area contributed by atoms with Crippen LogP contribution in [0.15, 0.2) is 0 Å². The highest BCUT2D eigenvalue weighted by Gasteiger charge is 2.42. The molecule has 1 amide bonds. The topological polar surface area (TPSA) is 70.0 Å². The van der Waals surface area contributed by atoms with E-state index >= 15 is 0 Å². The smallest absolute Gasteiger partial charge is 0.410 e. The third-order valence-electron chi connectivity index (χ3n) is 2.36. The van der Waals surface area contributed by atoms with Crippen molar-refractivity contribution in [2.24, 2.45) is 0 Å². The molecule has 1 fully saturated rings. The monoisotopic (exact) mass is 217 g/mol. The maximum absolute atomic E-state index is 11.7. The number of likely N-dealkylation sites (tertiary alicyclic amines) is 1. The molecule has 5 nitrogen and oxygen atoms in total. The zero-order valence-corrected chi connectivity index (χ0v) is 9.43. The summed E-state index contributed by atoms with van der Waals surface area (Å²) in [7, 11) is 0. The Labute approximate surface area is 89.6 Å². The molecule has 0 aromatic heterocycles. The molecule has 88 valence electrons. The average molecular weight is 217 g/mol. The lowest BCUT2D eigenvalue weighted by atomic mass is 9.95. The van der Waals surface area contributed by atoms with E-state index in [1.807, 2.05) is 0 Å². The Hall–Kier alpha value is -0.810. The number of hydrogen-bond acceptors (Lipinski definition) is 4. The van der Waals surface area contributed by atoms with Crippen LogP contribution in [0.1, 0.15) is 27.2 Å². The van der Waals surface area contributed by atoms with Gasteiger partial charge in [-0.05, 0) is 27.2 Å². The second-order valence-electron chi connectivity index (χ2n) is 4.80. The first-order valence-electron chi connectivity index (χ1n) is 5.12. The average Bonchev–Trinajstić information content (AvgIpc) is 1.99. The molecular formula is C10H19NO4. The van der Waals surface area contributed by atoms with Crippen molar-refractivity contribution in [2.45, 2.75) is 44.9 Å². The normalized spacial score (nSPS) is 26.1. The van der Waals surface area contributed by atoms with Gasteiger partial charge in [-0.1, -0.05) is 0 Å². The Bertz CT molecular complexity index is 226. The van der Waals surface area contributed by atoms with E-state index < -0.39 is 11.7 Å². The predicted octanol–water partition coefficient (Wildman–Crippen LogP) is 0.349. The van der Waals surface area contributed by atoms with E-state index in [1.165, 1.54) is 4.90 Å². The molecule has 1 rings (SSSR count). The maximum Gasteiger partial charge on any atom is 0.410 e. The highest BCUT2D eigenvalue weighted by molar-refractivity contribution is 5.70. The molecule has 5 heteroatoms. The molecule has 1 heterocycles. The number of aliphatic hydroxyl groups is 2. The van der Waals surface area contributed by atoms with Gasteiger partial charge in [0, 0.05) is 0 Å². The van der Waals surface area contributed by atoms with E-state index in [0.717, 1.165) is 0 Å². The molecule has 0 spiro atoms. The van der Waals surface area contributed by atoms with Crippen LogP contribution in [-0.2, 0) is 4.74 Å². The summed E-state index contributed by atoms with van der Waals surface area (Å²) in [6, 6.07) is -0.422. The molecule has 0 saturated carbocycles. The number of carbonyl (C=O) groups is 1. The third-order valence-corrected chi connectivity index (χ3v) is 2.36. The molecule has 1 aliphatic rings. The predicted molar refractivity (Wildman–Crippen MR) is 54.4 cm³/mol. The van der Waals surface area contributed by atoms with Crippen molar-refractivity contribution in [1.29, 1.82) is 0 Å². The number of aliphatic hydroxyl groups excluding tert-OH is 2. The molecule has 0 aliphatic carbocycles. The van der Waals surface area contributed by atoms with Crippen LogP contribution in [0.2, 0.25) is 0 Å². The maximum atomic E-state index is 11.7. The minimum Gasteiger partial charge on any atom is -0.444 e. The Morgan fingerprint density at radius 2 is 1.80 bits per heavy atom. The summed E-state index contributed by atoms with van der Waals surface area (Å²) in [6.07, 6.45) is 0.165. The number of carbonyl (C=O) groups excluding carboxylic acids is 1. The lowest BCUT2D eigenvalue weighted by molar-refractivity contribution is -0.0584. The van der Waals surface area contributed by atoms with Crippen LogP contribution >= 0.6 is 0 Å². The van der Waals surface area contributed by atoms with E-state index in [-0.39, 0.29) is 25.3 Å². The lowest BCUT2D eigenvalue weighted by Gasteiger charge is -2.46. The van der Waals surface area contributed by atoms with Gasteiger partial charge in [-0.15, -0.1) is 0 Å². The molecule has 2 N–H and O–H groups in total. The van der Waals surface area contributed by atoms with Crippen LogP contribution in [0.4, 0.5) is 4.79 Å². The highest BCUT2D eigenvalue weighted by Crippen LogP contribution is 2.27. The summed E-state index contributed by atoms with van der Waals surface area (Å²) < 4.78 is 5.17. The van der Waals surface area contributed by atoms with Gasteiger partial charge in [0.05, 0.1) is 25.3 Å². The van der Waals surface area contributed by atoms with Gasteiger partial charge in [0.2, 0.25) is 0 Å². The van der Waals surface area contributed by atoms with Gasteiger partial charge in [0.1, 0.15) is 5.60 Å². The van der Waals surface area contributed by atoms with E-state index in [1.54, 1.807) is 20.8 Å². The van der Waals surface area contributed by atoms with Gasteiger partial charge in [-0.2, -0.15) is 0 Å². The van der Waals surface area contributed by atoms with E-state index in [0.29, 0.717) is 6.42 Å². The fourth-order valence-electron chi connectivity index (χ4n) is 1.64. The largest absolute Gasteiger partial charge is 0.444 e. The summed E-state index contributed by atoms with van der Waals surface area (Å²) in [5, 5.41) is 18.0. The minimum absolute atomic E-state index is 0.0876. The first-order valence-corrected chi connectivity index (χ1v) is 5.12. The quantitative estimate of drug-likeness (QED) is 0.700. The molecule has 1 aliphatic heterocycles. The molecule has 0 bridgehead atoms. The van der Waals surface area contributed by atoms with Crippen molar-refractivity contribution < 1.29 is 19.7 Å². The summed E-state index contributed by atoms with van der Waals surface area (Å²) in [4.78, 5) is 13.1. The van der Waals surface area contributed by atoms with Crippen molar-refractivity contribution in [3.05, 3.63) is 0 Å². The van der Waals surface area contributed by atoms with Crippen LogP contribution in [0.3, 0.4) is 0 Å². The Balaban J connectivity index is 2.56. The first-order chi connectivity index (χ1) is 6.89. The standard InChI is InChI=1S/C10H19NO4/c1-10(2,3)15-9(14)11-7(5-12)4-8(11)6-13/h7-8,12-13H,4-6H2,1-3H3. The molecule has 1 saturated heterocycles. The van der Waals surface area contributed by atoms with Gasteiger partial charge >= 0.3 is 6.09 Å². The Morgan fingerprint density at radius 3 is 2.13 bits per heavy atom. The number of amides is 1. The van der Waals surface area contributed by atoms with Gasteiger partial charge in [-0.3, -0.25) is 4.90 Å². The van der Waals surface area contributed by atoms with Gasteiger partial charge in [0.15, 0.2) is 0 Å². The van der Waals surface area contributed by atoms with Crippen LogP contribution in [0.5, 0.6) is 0 Å². The number of hydrogen-bond donors (Lipinski definition) is 2. The third kappa shape index (κ3) is 2.82. The highest BCUT2D eigenvalue weighted by atomic mass is 16.6.